The molecular formula is C49H48O8. The fraction of sp³-hybridized carbons (Fsp3) is 0.265. The fourth-order valence-corrected chi connectivity index (χ4v) is 6.96. The Balaban J connectivity index is 0.934. The van der Waals surface area contributed by atoms with Crippen LogP contribution in [0.5, 0.6) is 34.5 Å². The number of hydrogen-bond acceptors (Lipinski definition) is 8. The quantitative estimate of drug-likeness (QED) is 0.0432. The van der Waals surface area contributed by atoms with Gasteiger partial charge in [0.15, 0.2) is 0 Å². The van der Waals surface area contributed by atoms with E-state index in [2.05, 4.69) is 63.4 Å². The van der Waals surface area contributed by atoms with Crippen molar-refractivity contribution in [3.05, 3.63) is 157 Å². The van der Waals surface area contributed by atoms with Gasteiger partial charge in [-0.15, -0.1) is 0 Å². The van der Waals surface area contributed by atoms with Crippen LogP contribution in [0.25, 0.3) is 21.5 Å². The molecule has 2 unspecified atom stereocenters. The number of benzene rings is 6. The van der Waals surface area contributed by atoms with Gasteiger partial charge in [0.1, 0.15) is 47.7 Å². The van der Waals surface area contributed by atoms with E-state index in [0.717, 1.165) is 93.2 Å². The van der Waals surface area contributed by atoms with E-state index in [1.165, 1.54) is 11.1 Å². The van der Waals surface area contributed by atoms with Crippen molar-refractivity contribution in [2.75, 3.05) is 40.0 Å². The van der Waals surface area contributed by atoms with Crippen molar-refractivity contribution in [3.8, 4) is 34.5 Å². The summed E-state index contributed by atoms with van der Waals surface area (Å²) in [4.78, 5) is 0. The molecule has 2 atom stereocenters. The van der Waals surface area contributed by atoms with Crippen LogP contribution in [0.15, 0.2) is 135 Å². The van der Waals surface area contributed by atoms with Crippen LogP contribution in [0.4, 0.5) is 0 Å². The lowest BCUT2D eigenvalue weighted by molar-refractivity contribution is 0.118. The molecule has 2 heterocycles. The van der Waals surface area contributed by atoms with E-state index in [-0.39, 0.29) is 31.2 Å². The molecule has 8 rings (SSSR count). The summed E-state index contributed by atoms with van der Waals surface area (Å²) in [7, 11) is 0. The normalized spacial score (nSPS) is 15.8. The third-order valence-electron chi connectivity index (χ3n) is 10.4. The van der Waals surface area contributed by atoms with Gasteiger partial charge in [0.25, 0.3) is 0 Å². The van der Waals surface area contributed by atoms with Gasteiger partial charge in [-0.1, -0.05) is 87.7 Å². The Morgan fingerprint density at radius 2 is 0.877 bits per heavy atom. The highest BCUT2D eigenvalue weighted by Crippen LogP contribution is 2.38. The van der Waals surface area contributed by atoms with Gasteiger partial charge in [0.05, 0.1) is 25.4 Å². The van der Waals surface area contributed by atoms with Crippen molar-refractivity contribution in [2.45, 2.75) is 44.3 Å². The van der Waals surface area contributed by atoms with Crippen LogP contribution in [0.1, 0.15) is 36.1 Å². The highest BCUT2D eigenvalue weighted by atomic mass is 16.7. The van der Waals surface area contributed by atoms with Gasteiger partial charge in [-0.05, 0) is 104 Å². The van der Waals surface area contributed by atoms with E-state index in [0.29, 0.717) is 13.2 Å². The molecule has 0 bridgehead atoms. The summed E-state index contributed by atoms with van der Waals surface area (Å²) < 4.78 is 47.3. The molecule has 0 aromatic heterocycles. The molecule has 0 amide bonds. The lowest BCUT2D eigenvalue weighted by Gasteiger charge is -2.28. The minimum Gasteiger partial charge on any atom is -0.490 e. The Morgan fingerprint density at radius 1 is 0.509 bits per heavy atom. The third kappa shape index (κ3) is 9.54. The molecule has 0 N–H and O–H groups in total. The van der Waals surface area contributed by atoms with Crippen LogP contribution in [0.2, 0.25) is 0 Å². The number of epoxide rings is 2. The molecule has 6 aromatic rings. The molecule has 2 aliphatic heterocycles. The van der Waals surface area contributed by atoms with Gasteiger partial charge in [-0.2, -0.15) is 0 Å². The molecule has 0 radical (unpaired) electrons. The van der Waals surface area contributed by atoms with Gasteiger partial charge in [-0.25, -0.2) is 0 Å². The second-order valence-corrected chi connectivity index (χ2v) is 14.9. The molecule has 2 fully saturated rings. The fourth-order valence-electron chi connectivity index (χ4n) is 6.96. The van der Waals surface area contributed by atoms with Crippen LogP contribution in [-0.2, 0) is 27.7 Å². The summed E-state index contributed by atoms with van der Waals surface area (Å²) in [6.45, 7) is 14.6. The van der Waals surface area contributed by atoms with E-state index < -0.39 is 0 Å². The van der Waals surface area contributed by atoms with E-state index in [4.69, 9.17) is 37.9 Å². The molecule has 8 heteroatoms. The zero-order valence-electron chi connectivity index (χ0n) is 32.5. The molecule has 292 valence electrons. The predicted octanol–water partition coefficient (Wildman–Crippen LogP) is 10.2. The van der Waals surface area contributed by atoms with Crippen molar-refractivity contribution in [3.63, 3.8) is 0 Å². The SMILES string of the molecule is C=CCOc1ccc2cc(OCOc3ccc(C(C)(C)c4ccc(OCOc5ccc6cc(OCC=C)ccc6c5)c(CC5CO5)c4)cc3CC3CO3)ccc2c1. The van der Waals surface area contributed by atoms with Crippen LogP contribution in [-0.4, -0.2) is 52.2 Å². The summed E-state index contributed by atoms with van der Waals surface area (Å²) >= 11 is 0. The first-order valence-corrected chi connectivity index (χ1v) is 19.4. The van der Waals surface area contributed by atoms with Gasteiger partial charge in [0.2, 0.25) is 13.6 Å². The zero-order chi connectivity index (χ0) is 39.2. The average Bonchev–Trinajstić information content (AvgIpc) is 4.18. The first-order chi connectivity index (χ1) is 27.8. The number of fused-ring (bicyclic) bond motifs is 2. The molecule has 8 nitrogen and oxygen atoms in total. The second-order valence-electron chi connectivity index (χ2n) is 14.9. The topological polar surface area (TPSA) is 80.4 Å². The second kappa shape index (κ2) is 17.0. The monoisotopic (exact) mass is 764 g/mol. The third-order valence-corrected chi connectivity index (χ3v) is 10.4. The number of ether oxygens (including phenoxy) is 8. The van der Waals surface area contributed by atoms with E-state index in [9.17, 15) is 0 Å². The summed E-state index contributed by atoms with van der Waals surface area (Å²) in [5.74, 6) is 4.66. The standard InChI is InChI=1S/C49H48O8/c1-5-19-50-41-13-7-35-25-43(15-9-33(35)23-41)54-31-56-47-17-11-39(21-37(47)27-45-29-52-45)49(3,4)40-12-18-48(38(22-40)28-46-30-53-46)57-32-55-44-16-10-34-24-42(51-20-6-2)14-8-36(34)26-44/h5-18,21-26,45-46H,1-2,19-20,27-32H2,3-4H3. The van der Waals surface area contributed by atoms with Crippen molar-refractivity contribution >= 4 is 21.5 Å². The van der Waals surface area contributed by atoms with Crippen molar-refractivity contribution in [1.82, 2.24) is 0 Å². The van der Waals surface area contributed by atoms with Gasteiger partial charge in [0, 0.05) is 18.3 Å². The van der Waals surface area contributed by atoms with E-state index in [1.807, 2.05) is 72.8 Å². The molecule has 2 aliphatic rings. The largest absolute Gasteiger partial charge is 0.490 e. The lowest BCUT2D eigenvalue weighted by atomic mass is 9.76. The van der Waals surface area contributed by atoms with Crippen LogP contribution >= 0.6 is 0 Å². The molecular weight excluding hydrogens is 717 g/mol. The minimum atomic E-state index is -0.314. The van der Waals surface area contributed by atoms with Crippen molar-refractivity contribution < 1.29 is 37.9 Å². The summed E-state index contributed by atoms with van der Waals surface area (Å²) in [5.41, 5.74) is 4.23. The first kappa shape index (κ1) is 37.9. The van der Waals surface area contributed by atoms with Crippen molar-refractivity contribution in [2.24, 2.45) is 0 Å². The highest BCUT2D eigenvalue weighted by Gasteiger charge is 2.30. The Kier molecular flexibility index (Phi) is 11.3. The Morgan fingerprint density at radius 3 is 1.23 bits per heavy atom. The molecule has 0 spiro atoms. The Bertz CT molecular complexity index is 2210. The van der Waals surface area contributed by atoms with Gasteiger partial charge < -0.3 is 37.9 Å². The van der Waals surface area contributed by atoms with Crippen LogP contribution in [0.3, 0.4) is 0 Å². The maximum Gasteiger partial charge on any atom is 0.230 e. The average molecular weight is 765 g/mol. The molecule has 57 heavy (non-hydrogen) atoms. The van der Waals surface area contributed by atoms with Crippen LogP contribution < -0.4 is 28.4 Å². The predicted molar refractivity (Wildman–Crippen MR) is 223 cm³/mol. The van der Waals surface area contributed by atoms with Crippen molar-refractivity contribution in [1.29, 1.82) is 0 Å². The number of hydrogen-bond donors (Lipinski definition) is 0. The van der Waals surface area contributed by atoms with E-state index >= 15 is 0 Å². The minimum absolute atomic E-state index is 0.0820. The summed E-state index contributed by atoms with van der Waals surface area (Å²) in [6, 6.07) is 36.9. The lowest BCUT2D eigenvalue weighted by Crippen LogP contribution is -2.20. The molecule has 0 saturated carbocycles. The Labute approximate surface area is 334 Å². The summed E-state index contributed by atoms with van der Waals surface area (Å²) in [5, 5.41) is 4.26. The van der Waals surface area contributed by atoms with E-state index in [1.54, 1.807) is 12.2 Å². The smallest absolute Gasteiger partial charge is 0.230 e. The Hall–Kier alpha value is -5.96. The van der Waals surface area contributed by atoms with Gasteiger partial charge in [-0.3, -0.25) is 0 Å². The zero-order valence-corrected chi connectivity index (χ0v) is 32.5. The van der Waals surface area contributed by atoms with Crippen LogP contribution in [0, 0.1) is 0 Å². The van der Waals surface area contributed by atoms with Gasteiger partial charge >= 0.3 is 0 Å². The molecule has 6 aromatic carbocycles. The highest BCUT2D eigenvalue weighted by molar-refractivity contribution is 5.86. The molecule has 2 saturated heterocycles. The first-order valence-electron chi connectivity index (χ1n) is 19.4. The maximum absolute atomic E-state index is 6.25. The summed E-state index contributed by atoms with van der Waals surface area (Å²) in [6.07, 6.45) is 5.40. The molecule has 0 aliphatic carbocycles. The number of rotatable bonds is 20. The maximum atomic E-state index is 6.25.